The zero-order valence-electron chi connectivity index (χ0n) is 12.7. The van der Waals surface area contributed by atoms with Gasteiger partial charge in [-0.05, 0) is 19.1 Å². The van der Waals surface area contributed by atoms with Crippen molar-refractivity contribution in [2.24, 2.45) is 5.73 Å². The molecule has 7 heteroatoms. The van der Waals surface area contributed by atoms with E-state index in [0.717, 1.165) is 5.56 Å². The number of hydrogen-bond donors (Lipinski definition) is 1. The van der Waals surface area contributed by atoms with Gasteiger partial charge in [-0.25, -0.2) is 4.98 Å². The summed E-state index contributed by atoms with van der Waals surface area (Å²) in [6.07, 6.45) is 1.41. The quantitative estimate of drug-likeness (QED) is 0.925. The van der Waals surface area contributed by atoms with Crippen LogP contribution in [-0.2, 0) is 16.1 Å². The number of nitrogens with zero attached hydrogens (tertiary/aromatic N) is 2. The number of ether oxygens (including phenoxy) is 1. The lowest BCUT2D eigenvalue weighted by molar-refractivity contribution is -0.136. The van der Waals surface area contributed by atoms with Gasteiger partial charge in [-0.2, -0.15) is 0 Å². The van der Waals surface area contributed by atoms with E-state index in [9.17, 15) is 4.79 Å². The number of nitrogens with two attached hydrogens (primary N) is 1. The summed E-state index contributed by atoms with van der Waals surface area (Å²) in [4.78, 5) is 17.9. The van der Waals surface area contributed by atoms with E-state index in [1.54, 1.807) is 12.3 Å². The van der Waals surface area contributed by atoms with Gasteiger partial charge in [-0.15, -0.1) is 0 Å². The number of amides is 1. The Morgan fingerprint density at radius 2 is 2.35 bits per heavy atom. The fourth-order valence-electron chi connectivity index (χ4n) is 2.80. The number of primary amides is 1. The van der Waals surface area contributed by atoms with Gasteiger partial charge in [0.15, 0.2) is 5.76 Å². The van der Waals surface area contributed by atoms with Crippen LogP contribution in [0.1, 0.15) is 12.8 Å². The van der Waals surface area contributed by atoms with Crippen LogP contribution in [0.5, 0.6) is 0 Å². The molecule has 2 heterocycles. The summed E-state index contributed by atoms with van der Waals surface area (Å²) >= 11 is 5.99. The molecule has 1 fully saturated rings. The van der Waals surface area contributed by atoms with Crippen LogP contribution in [0.2, 0.25) is 5.02 Å². The zero-order valence-corrected chi connectivity index (χ0v) is 13.5. The molecule has 0 aliphatic carbocycles. The minimum absolute atomic E-state index is 0.247. The molecule has 0 radical (unpaired) electrons. The highest BCUT2D eigenvalue weighted by atomic mass is 35.5. The second-order valence-electron chi connectivity index (χ2n) is 5.52. The van der Waals surface area contributed by atoms with Crippen molar-refractivity contribution in [2.45, 2.75) is 25.6 Å². The highest BCUT2D eigenvalue weighted by Gasteiger charge is 2.34. The largest absolute Gasteiger partial charge is 0.439 e. The van der Waals surface area contributed by atoms with Crippen LogP contribution >= 0.6 is 11.6 Å². The second-order valence-corrected chi connectivity index (χ2v) is 5.96. The molecule has 3 rings (SSSR count). The van der Waals surface area contributed by atoms with E-state index in [1.165, 1.54) is 0 Å². The average Bonchev–Trinajstić information content (AvgIpc) is 2.95. The van der Waals surface area contributed by atoms with Crippen LogP contribution in [0.25, 0.3) is 11.3 Å². The van der Waals surface area contributed by atoms with Crippen LogP contribution < -0.4 is 5.73 Å². The molecule has 1 aliphatic heterocycles. The summed E-state index contributed by atoms with van der Waals surface area (Å²) in [5, 5.41) is 0.635. The van der Waals surface area contributed by atoms with Gasteiger partial charge in [0.2, 0.25) is 11.8 Å². The third kappa shape index (κ3) is 3.55. The van der Waals surface area contributed by atoms with Gasteiger partial charge in [0.25, 0.3) is 0 Å². The number of morpholine rings is 1. The van der Waals surface area contributed by atoms with E-state index in [-0.39, 0.29) is 6.10 Å². The Hall–Kier alpha value is -1.89. The third-order valence-corrected chi connectivity index (χ3v) is 4.12. The Kier molecular flexibility index (Phi) is 4.66. The van der Waals surface area contributed by atoms with Crippen molar-refractivity contribution < 1.29 is 13.9 Å². The molecule has 2 atom stereocenters. The molecule has 1 amide bonds. The zero-order chi connectivity index (χ0) is 16.4. The van der Waals surface area contributed by atoms with E-state index < -0.39 is 11.9 Å². The molecule has 0 saturated carbocycles. The van der Waals surface area contributed by atoms with Gasteiger partial charge in [0, 0.05) is 17.1 Å². The Morgan fingerprint density at radius 3 is 3.09 bits per heavy atom. The van der Waals surface area contributed by atoms with Crippen molar-refractivity contribution in [3.63, 3.8) is 0 Å². The number of hydrogen-bond acceptors (Lipinski definition) is 5. The van der Waals surface area contributed by atoms with E-state index >= 15 is 0 Å². The number of carbonyl (C=O) groups is 1. The van der Waals surface area contributed by atoms with Crippen LogP contribution in [-0.4, -0.2) is 41.1 Å². The molecule has 0 bridgehead atoms. The summed E-state index contributed by atoms with van der Waals surface area (Å²) < 4.78 is 11.3. The Bertz CT molecular complexity index is 703. The first-order chi connectivity index (χ1) is 11.0. The molecular formula is C16H18ClN3O3. The number of aromatic nitrogens is 1. The van der Waals surface area contributed by atoms with Gasteiger partial charge in [0.05, 0.1) is 25.5 Å². The molecule has 122 valence electrons. The van der Waals surface area contributed by atoms with E-state index in [4.69, 9.17) is 26.5 Å². The molecule has 23 heavy (non-hydrogen) atoms. The van der Waals surface area contributed by atoms with E-state index in [1.807, 2.05) is 30.0 Å². The van der Waals surface area contributed by atoms with E-state index in [2.05, 4.69) is 4.98 Å². The summed E-state index contributed by atoms with van der Waals surface area (Å²) in [5.74, 6) is 0.763. The second kappa shape index (κ2) is 6.70. The van der Waals surface area contributed by atoms with Gasteiger partial charge in [-0.1, -0.05) is 23.7 Å². The molecule has 2 aromatic rings. The van der Waals surface area contributed by atoms with Gasteiger partial charge >= 0.3 is 0 Å². The average molecular weight is 336 g/mol. The van der Waals surface area contributed by atoms with Crippen LogP contribution in [0, 0.1) is 0 Å². The maximum absolute atomic E-state index is 11.7. The molecule has 1 aromatic heterocycles. The normalized spacial score (nSPS) is 22.2. The molecule has 0 spiro atoms. The maximum Gasteiger partial charge on any atom is 0.237 e. The minimum Gasteiger partial charge on any atom is -0.439 e. The minimum atomic E-state index is -0.481. The monoisotopic (exact) mass is 335 g/mol. The Labute approximate surface area is 139 Å². The van der Waals surface area contributed by atoms with Crippen molar-refractivity contribution in [3.8, 4) is 11.3 Å². The predicted octanol–water partition coefficient (Wildman–Crippen LogP) is 2.07. The smallest absolute Gasteiger partial charge is 0.237 e. The van der Waals surface area contributed by atoms with Crippen molar-refractivity contribution in [1.82, 2.24) is 9.88 Å². The summed E-state index contributed by atoms with van der Waals surface area (Å²) in [6, 6.07) is 6.89. The highest BCUT2D eigenvalue weighted by Crippen LogP contribution is 2.24. The predicted molar refractivity (Wildman–Crippen MR) is 85.8 cm³/mol. The Balaban J connectivity index is 1.77. The van der Waals surface area contributed by atoms with Gasteiger partial charge in [-0.3, -0.25) is 9.69 Å². The van der Waals surface area contributed by atoms with Crippen LogP contribution in [0.15, 0.2) is 34.9 Å². The first-order valence-corrected chi connectivity index (χ1v) is 7.78. The van der Waals surface area contributed by atoms with Crippen molar-refractivity contribution in [3.05, 3.63) is 41.4 Å². The lowest BCUT2D eigenvalue weighted by Crippen LogP contribution is -2.56. The summed E-state index contributed by atoms with van der Waals surface area (Å²) in [6.45, 7) is 3.40. The van der Waals surface area contributed by atoms with Crippen molar-refractivity contribution >= 4 is 17.5 Å². The summed E-state index contributed by atoms with van der Waals surface area (Å²) in [7, 11) is 0. The number of halogens is 1. The molecule has 0 unspecified atom stereocenters. The first kappa shape index (κ1) is 16.0. The summed E-state index contributed by atoms with van der Waals surface area (Å²) in [5.41, 5.74) is 6.35. The molecule has 1 aromatic carbocycles. The fraction of sp³-hybridized carbons (Fsp3) is 0.375. The Morgan fingerprint density at radius 1 is 1.52 bits per heavy atom. The lowest BCUT2D eigenvalue weighted by atomic mass is 10.1. The molecule has 2 N–H and O–H groups in total. The number of rotatable bonds is 4. The fourth-order valence-corrected chi connectivity index (χ4v) is 2.99. The van der Waals surface area contributed by atoms with E-state index in [0.29, 0.717) is 36.4 Å². The topological polar surface area (TPSA) is 81.6 Å². The number of carbonyl (C=O) groups excluding carboxylic acids is 1. The standard InChI is InChI=1S/C16H18ClN3O3/c1-10-15(16(18)21)20(5-6-22-10)9-14-19-8-13(23-14)11-3-2-4-12(17)7-11/h2-4,7-8,10,15H,5-6,9H2,1H3,(H2,18,21)/t10-,15+/m1/s1. The number of oxazole rings is 1. The van der Waals surface area contributed by atoms with Crippen molar-refractivity contribution in [2.75, 3.05) is 13.2 Å². The maximum atomic E-state index is 11.7. The van der Waals surface area contributed by atoms with Crippen LogP contribution in [0.4, 0.5) is 0 Å². The number of benzene rings is 1. The molecule has 1 aliphatic rings. The van der Waals surface area contributed by atoms with Gasteiger partial charge in [0.1, 0.15) is 6.04 Å². The molecular weight excluding hydrogens is 318 g/mol. The third-order valence-electron chi connectivity index (χ3n) is 3.89. The van der Waals surface area contributed by atoms with Crippen molar-refractivity contribution in [1.29, 1.82) is 0 Å². The molecule has 1 saturated heterocycles. The SMILES string of the molecule is C[C@H]1OCCN(Cc2ncc(-c3cccc(Cl)c3)o2)[C@@H]1C(N)=O. The molecule has 6 nitrogen and oxygen atoms in total. The van der Waals surface area contributed by atoms with Crippen LogP contribution in [0.3, 0.4) is 0 Å². The first-order valence-electron chi connectivity index (χ1n) is 7.40. The van der Waals surface area contributed by atoms with Gasteiger partial charge < -0.3 is 14.9 Å². The lowest BCUT2D eigenvalue weighted by Gasteiger charge is -2.37. The highest BCUT2D eigenvalue weighted by molar-refractivity contribution is 6.30.